The first kappa shape index (κ1) is 14.6. The van der Waals surface area contributed by atoms with Gasteiger partial charge in [-0.3, -0.25) is 4.90 Å². The van der Waals surface area contributed by atoms with Crippen molar-refractivity contribution in [3.05, 3.63) is 34.3 Å². The Balaban J connectivity index is 1.73. The van der Waals surface area contributed by atoms with Gasteiger partial charge in [0.25, 0.3) is 0 Å². The van der Waals surface area contributed by atoms with Crippen molar-refractivity contribution in [1.29, 1.82) is 0 Å². The molecule has 2 N–H and O–H groups in total. The van der Waals surface area contributed by atoms with Gasteiger partial charge in [-0.15, -0.1) is 0 Å². The minimum Gasteiger partial charge on any atom is -0.329 e. The summed E-state index contributed by atoms with van der Waals surface area (Å²) in [6.45, 7) is 3.18. The third-order valence-electron chi connectivity index (χ3n) is 5.22. The average molecular weight is 337 g/mol. The highest BCUT2D eigenvalue weighted by molar-refractivity contribution is 9.10. The summed E-state index contributed by atoms with van der Waals surface area (Å²) in [6.07, 6.45) is 7.14. The molecule has 1 heterocycles. The quantitative estimate of drug-likeness (QED) is 0.905. The maximum absolute atomic E-state index is 6.10. The number of nitrogens with two attached hydrogens (primary N) is 1. The van der Waals surface area contributed by atoms with Crippen molar-refractivity contribution < 1.29 is 0 Å². The first-order valence-electron chi connectivity index (χ1n) is 7.97. The number of hydrogen-bond donors (Lipinski definition) is 1. The van der Waals surface area contributed by atoms with Gasteiger partial charge in [0.05, 0.1) is 0 Å². The van der Waals surface area contributed by atoms with Crippen LogP contribution in [0.4, 0.5) is 0 Å². The second kappa shape index (κ2) is 6.59. The summed E-state index contributed by atoms with van der Waals surface area (Å²) < 4.78 is 1.15. The molecule has 0 radical (unpaired) electrons. The van der Waals surface area contributed by atoms with Gasteiger partial charge in [-0.2, -0.15) is 0 Å². The highest BCUT2D eigenvalue weighted by atomic mass is 79.9. The smallest absolute Gasteiger partial charge is 0.0470 e. The number of nitrogens with zero attached hydrogens (tertiary/aromatic N) is 1. The van der Waals surface area contributed by atoms with E-state index in [1.54, 1.807) is 0 Å². The van der Waals surface area contributed by atoms with Gasteiger partial charge in [0, 0.05) is 23.6 Å². The molecule has 0 aromatic heterocycles. The van der Waals surface area contributed by atoms with Crippen LogP contribution < -0.4 is 5.73 Å². The van der Waals surface area contributed by atoms with E-state index in [9.17, 15) is 0 Å². The van der Waals surface area contributed by atoms with Gasteiger partial charge in [0.1, 0.15) is 0 Å². The summed E-state index contributed by atoms with van der Waals surface area (Å²) in [4.78, 5) is 2.63. The van der Waals surface area contributed by atoms with Crippen LogP contribution in [-0.4, -0.2) is 24.5 Å². The second-order valence-corrected chi connectivity index (χ2v) is 7.31. The van der Waals surface area contributed by atoms with Crippen LogP contribution in [-0.2, 0) is 0 Å². The lowest BCUT2D eigenvalue weighted by molar-refractivity contribution is 0.0586. The maximum Gasteiger partial charge on any atom is 0.0470 e. The number of fused-ring (bicyclic) bond motifs is 1. The molecule has 2 aliphatic rings. The minimum atomic E-state index is 0.385. The predicted molar refractivity (Wildman–Crippen MR) is 87.6 cm³/mol. The Kier molecular flexibility index (Phi) is 4.79. The Hall–Kier alpha value is -0.380. The Morgan fingerprint density at radius 1 is 1.20 bits per heavy atom. The third-order valence-corrected chi connectivity index (χ3v) is 5.71. The molecule has 3 heteroatoms. The van der Waals surface area contributed by atoms with Gasteiger partial charge in [-0.25, -0.2) is 0 Å². The Bertz CT molecular complexity index is 448. The molecular weight excluding hydrogens is 312 g/mol. The van der Waals surface area contributed by atoms with Crippen molar-refractivity contribution in [2.45, 2.75) is 38.1 Å². The fraction of sp³-hybridized carbons (Fsp3) is 0.647. The first-order chi connectivity index (χ1) is 9.78. The van der Waals surface area contributed by atoms with E-state index >= 15 is 0 Å². The minimum absolute atomic E-state index is 0.385. The monoisotopic (exact) mass is 336 g/mol. The van der Waals surface area contributed by atoms with Crippen molar-refractivity contribution in [1.82, 2.24) is 4.90 Å². The summed E-state index contributed by atoms with van der Waals surface area (Å²) in [5.74, 6) is 1.90. The Morgan fingerprint density at radius 3 is 2.75 bits per heavy atom. The van der Waals surface area contributed by atoms with Crippen LogP contribution >= 0.6 is 15.9 Å². The lowest BCUT2D eigenvalue weighted by atomic mass is 9.74. The highest BCUT2D eigenvalue weighted by Crippen LogP contribution is 2.38. The molecule has 3 rings (SSSR count). The zero-order chi connectivity index (χ0) is 13.9. The number of hydrogen-bond acceptors (Lipinski definition) is 2. The third kappa shape index (κ3) is 3.10. The molecule has 1 aromatic rings. The zero-order valence-electron chi connectivity index (χ0n) is 12.1. The molecule has 3 atom stereocenters. The predicted octanol–water partition coefficient (Wildman–Crippen LogP) is 3.96. The standard InChI is InChI=1S/C17H25BrN2/c18-16-7-3-6-14(10-16)17(11-19)20-9-8-13-4-1-2-5-15(13)12-20/h3,6-7,10,13,15,17H,1-2,4-5,8-9,11-12,19H2. The van der Waals surface area contributed by atoms with Crippen molar-refractivity contribution in [3.8, 4) is 0 Å². The molecule has 1 saturated heterocycles. The molecule has 3 unspecified atom stereocenters. The van der Waals surface area contributed by atoms with E-state index in [1.807, 2.05) is 0 Å². The lowest BCUT2D eigenvalue weighted by Gasteiger charge is -2.44. The molecule has 0 spiro atoms. The number of halogens is 1. The van der Waals surface area contributed by atoms with E-state index in [0.29, 0.717) is 12.6 Å². The molecule has 1 saturated carbocycles. The zero-order valence-corrected chi connectivity index (χ0v) is 13.7. The van der Waals surface area contributed by atoms with Gasteiger partial charge < -0.3 is 5.73 Å². The molecule has 1 aliphatic heterocycles. The molecule has 1 aromatic carbocycles. The van der Waals surface area contributed by atoms with Crippen molar-refractivity contribution in [2.24, 2.45) is 17.6 Å². The van der Waals surface area contributed by atoms with Crippen LogP contribution in [0.15, 0.2) is 28.7 Å². The normalized spacial score (nSPS) is 28.9. The fourth-order valence-electron chi connectivity index (χ4n) is 4.12. The van der Waals surface area contributed by atoms with Crippen LogP contribution in [0.5, 0.6) is 0 Å². The molecular formula is C17H25BrN2. The topological polar surface area (TPSA) is 29.3 Å². The molecule has 20 heavy (non-hydrogen) atoms. The Morgan fingerprint density at radius 2 is 2.00 bits per heavy atom. The average Bonchev–Trinajstić information content (AvgIpc) is 2.48. The fourth-order valence-corrected chi connectivity index (χ4v) is 4.54. The van der Waals surface area contributed by atoms with Crippen LogP contribution in [0.2, 0.25) is 0 Å². The summed E-state index contributed by atoms with van der Waals surface area (Å²) in [6, 6.07) is 9.04. The maximum atomic E-state index is 6.10. The van der Waals surface area contributed by atoms with E-state index < -0.39 is 0 Å². The lowest BCUT2D eigenvalue weighted by Crippen LogP contribution is -2.45. The Labute approximate surface area is 130 Å². The summed E-state index contributed by atoms with van der Waals surface area (Å²) >= 11 is 3.58. The first-order valence-corrected chi connectivity index (χ1v) is 8.77. The van der Waals surface area contributed by atoms with E-state index in [2.05, 4.69) is 45.1 Å². The molecule has 110 valence electrons. The second-order valence-electron chi connectivity index (χ2n) is 6.39. The van der Waals surface area contributed by atoms with Crippen LogP contribution in [0.25, 0.3) is 0 Å². The van der Waals surface area contributed by atoms with Crippen LogP contribution in [0, 0.1) is 11.8 Å². The van der Waals surface area contributed by atoms with Crippen molar-refractivity contribution in [3.63, 3.8) is 0 Å². The highest BCUT2D eigenvalue weighted by Gasteiger charge is 2.33. The van der Waals surface area contributed by atoms with Crippen LogP contribution in [0.3, 0.4) is 0 Å². The van der Waals surface area contributed by atoms with E-state index in [0.717, 1.165) is 16.3 Å². The van der Waals surface area contributed by atoms with Gasteiger partial charge in [0.2, 0.25) is 0 Å². The van der Waals surface area contributed by atoms with E-state index in [-0.39, 0.29) is 0 Å². The van der Waals surface area contributed by atoms with E-state index in [1.165, 1.54) is 50.8 Å². The number of rotatable bonds is 3. The van der Waals surface area contributed by atoms with Gasteiger partial charge in [-0.1, -0.05) is 47.3 Å². The van der Waals surface area contributed by atoms with Crippen LogP contribution in [0.1, 0.15) is 43.7 Å². The van der Waals surface area contributed by atoms with Gasteiger partial charge in [0.15, 0.2) is 0 Å². The number of piperidine rings is 1. The van der Waals surface area contributed by atoms with Gasteiger partial charge >= 0.3 is 0 Å². The molecule has 2 nitrogen and oxygen atoms in total. The number of benzene rings is 1. The molecule has 0 amide bonds. The summed E-state index contributed by atoms with van der Waals surface area (Å²) in [5, 5.41) is 0. The molecule has 2 fully saturated rings. The molecule has 0 bridgehead atoms. The van der Waals surface area contributed by atoms with Crippen molar-refractivity contribution in [2.75, 3.05) is 19.6 Å². The SMILES string of the molecule is NCC(c1cccc(Br)c1)N1CCC2CCCCC2C1. The summed E-state index contributed by atoms with van der Waals surface area (Å²) in [7, 11) is 0. The summed E-state index contributed by atoms with van der Waals surface area (Å²) in [5.41, 5.74) is 7.45. The molecule has 1 aliphatic carbocycles. The van der Waals surface area contributed by atoms with Gasteiger partial charge in [-0.05, 0) is 48.9 Å². The van der Waals surface area contributed by atoms with E-state index in [4.69, 9.17) is 5.73 Å². The largest absolute Gasteiger partial charge is 0.329 e. The number of likely N-dealkylation sites (tertiary alicyclic amines) is 1. The van der Waals surface area contributed by atoms with Crippen molar-refractivity contribution >= 4 is 15.9 Å².